The molecule has 1 atom stereocenters. The molecule has 0 aliphatic carbocycles. The predicted octanol–water partition coefficient (Wildman–Crippen LogP) is 2.76. The molecular formula is C14H18ClN3S. The summed E-state index contributed by atoms with van der Waals surface area (Å²) in [5, 5.41) is 3.26. The van der Waals surface area contributed by atoms with Gasteiger partial charge < -0.3 is 5.73 Å². The zero-order chi connectivity index (χ0) is 12.4. The molecule has 0 spiro atoms. The lowest BCUT2D eigenvalue weighted by Crippen LogP contribution is -2.26. The molecule has 19 heavy (non-hydrogen) atoms. The predicted molar refractivity (Wildman–Crippen MR) is 82.7 cm³/mol. The van der Waals surface area contributed by atoms with E-state index in [-0.39, 0.29) is 12.4 Å². The molecule has 102 valence electrons. The second-order valence-electron chi connectivity index (χ2n) is 4.79. The van der Waals surface area contributed by atoms with Crippen molar-refractivity contribution in [2.45, 2.75) is 19.0 Å². The quantitative estimate of drug-likeness (QED) is 0.947. The van der Waals surface area contributed by atoms with Crippen molar-refractivity contribution in [3.05, 3.63) is 41.4 Å². The van der Waals surface area contributed by atoms with Crippen LogP contribution >= 0.6 is 23.7 Å². The number of nitrogens with zero attached hydrogens (tertiary/aromatic N) is 2. The molecule has 3 rings (SSSR count). The van der Waals surface area contributed by atoms with Crippen LogP contribution in [0.4, 0.5) is 0 Å². The molecule has 1 unspecified atom stereocenters. The number of nitrogens with two attached hydrogens (primary N) is 1. The monoisotopic (exact) mass is 295 g/mol. The van der Waals surface area contributed by atoms with Crippen molar-refractivity contribution in [1.82, 2.24) is 9.88 Å². The van der Waals surface area contributed by atoms with Gasteiger partial charge in [-0.3, -0.25) is 4.90 Å². The van der Waals surface area contributed by atoms with Crippen molar-refractivity contribution in [2.75, 3.05) is 13.1 Å². The summed E-state index contributed by atoms with van der Waals surface area (Å²) in [6.07, 6.45) is 1.11. The number of hydrogen-bond donors (Lipinski definition) is 1. The Bertz CT molecular complexity index is 514. The van der Waals surface area contributed by atoms with E-state index in [9.17, 15) is 0 Å². The number of likely N-dealkylation sites (tertiary alicyclic amines) is 1. The Morgan fingerprint density at radius 1 is 1.32 bits per heavy atom. The zero-order valence-corrected chi connectivity index (χ0v) is 12.3. The standard InChI is InChI=1S/C14H17N3S.ClH/c15-12-6-7-17(8-12)9-13-10-18-14(16-13)11-4-2-1-3-5-11;/h1-5,10,12H,6-9,15H2;1H. The van der Waals surface area contributed by atoms with Crippen LogP contribution in [0.2, 0.25) is 0 Å². The highest BCUT2D eigenvalue weighted by atomic mass is 35.5. The summed E-state index contributed by atoms with van der Waals surface area (Å²) >= 11 is 1.72. The Hall–Kier alpha value is -0.940. The Balaban J connectivity index is 0.00000133. The summed E-state index contributed by atoms with van der Waals surface area (Å²) < 4.78 is 0. The highest BCUT2D eigenvalue weighted by molar-refractivity contribution is 7.13. The van der Waals surface area contributed by atoms with Gasteiger partial charge in [-0.15, -0.1) is 23.7 Å². The largest absolute Gasteiger partial charge is 0.326 e. The Morgan fingerprint density at radius 2 is 2.11 bits per heavy atom. The SMILES string of the molecule is Cl.NC1CCN(Cc2csc(-c3ccccc3)n2)C1. The summed E-state index contributed by atoms with van der Waals surface area (Å²) in [6, 6.07) is 10.7. The number of rotatable bonds is 3. The molecule has 1 saturated heterocycles. The van der Waals surface area contributed by atoms with E-state index in [2.05, 4.69) is 34.5 Å². The van der Waals surface area contributed by atoms with Gasteiger partial charge in [0.2, 0.25) is 0 Å². The molecule has 5 heteroatoms. The third-order valence-corrected chi connectivity index (χ3v) is 4.21. The summed E-state index contributed by atoms with van der Waals surface area (Å²) in [6.45, 7) is 3.02. The molecule has 1 aliphatic heterocycles. The summed E-state index contributed by atoms with van der Waals surface area (Å²) in [4.78, 5) is 7.09. The van der Waals surface area contributed by atoms with E-state index in [1.807, 2.05) is 6.07 Å². The van der Waals surface area contributed by atoms with Crippen molar-refractivity contribution in [2.24, 2.45) is 5.73 Å². The Kier molecular flexibility index (Phi) is 4.93. The third kappa shape index (κ3) is 3.54. The lowest BCUT2D eigenvalue weighted by Gasteiger charge is -2.12. The van der Waals surface area contributed by atoms with Crippen molar-refractivity contribution < 1.29 is 0 Å². The Labute approximate surface area is 123 Å². The fourth-order valence-electron chi connectivity index (χ4n) is 2.33. The van der Waals surface area contributed by atoms with Crippen LogP contribution in [-0.4, -0.2) is 29.0 Å². The number of hydrogen-bond acceptors (Lipinski definition) is 4. The minimum absolute atomic E-state index is 0. The highest BCUT2D eigenvalue weighted by Gasteiger charge is 2.19. The molecule has 0 bridgehead atoms. The fraction of sp³-hybridized carbons (Fsp3) is 0.357. The maximum absolute atomic E-state index is 5.92. The average Bonchev–Trinajstić information content (AvgIpc) is 3.01. The maximum atomic E-state index is 5.92. The molecule has 1 aromatic carbocycles. The normalized spacial score (nSPS) is 19.3. The zero-order valence-electron chi connectivity index (χ0n) is 10.7. The number of halogens is 1. The minimum Gasteiger partial charge on any atom is -0.326 e. The molecular weight excluding hydrogens is 278 g/mol. The number of benzene rings is 1. The Morgan fingerprint density at radius 3 is 2.79 bits per heavy atom. The van der Waals surface area contributed by atoms with Crippen LogP contribution in [0.5, 0.6) is 0 Å². The third-order valence-electron chi connectivity index (χ3n) is 3.27. The molecule has 1 fully saturated rings. The van der Waals surface area contributed by atoms with Gasteiger partial charge in [0.05, 0.1) is 5.69 Å². The minimum atomic E-state index is 0. The van der Waals surface area contributed by atoms with Gasteiger partial charge in [0.25, 0.3) is 0 Å². The lowest BCUT2D eigenvalue weighted by atomic mass is 10.2. The fourth-order valence-corrected chi connectivity index (χ4v) is 3.15. The van der Waals surface area contributed by atoms with Crippen molar-refractivity contribution in [3.63, 3.8) is 0 Å². The molecule has 0 amide bonds. The van der Waals surface area contributed by atoms with E-state index >= 15 is 0 Å². The van der Waals surface area contributed by atoms with Gasteiger partial charge >= 0.3 is 0 Å². The molecule has 2 heterocycles. The molecule has 0 radical (unpaired) electrons. The van der Waals surface area contributed by atoms with Crippen LogP contribution in [0.15, 0.2) is 35.7 Å². The van der Waals surface area contributed by atoms with Crippen LogP contribution in [0.3, 0.4) is 0 Å². The second-order valence-corrected chi connectivity index (χ2v) is 5.65. The molecule has 3 nitrogen and oxygen atoms in total. The van der Waals surface area contributed by atoms with Gasteiger partial charge in [0.1, 0.15) is 5.01 Å². The molecule has 2 aromatic rings. The topological polar surface area (TPSA) is 42.1 Å². The van der Waals surface area contributed by atoms with Crippen LogP contribution in [0.1, 0.15) is 12.1 Å². The van der Waals surface area contributed by atoms with Gasteiger partial charge in [0, 0.05) is 36.6 Å². The van der Waals surface area contributed by atoms with E-state index in [0.717, 1.165) is 36.8 Å². The van der Waals surface area contributed by atoms with Gasteiger partial charge in [-0.05, 0) is 6.42 Å². The second kappa shape index (κ2) is 6.48. The maximum Gasteiger partial charge on any atom is 0.123 e. The summed E-state index contributed by atoms with van der Waals surface area (Å²) in [5.74, 6) is 0. The van der Waals surface area contributed by atoms with Crippen LogP contribution < -0.4 is 5.73 Å². The van der Waals surface area contributed by atoms with E-state index in [1.165, 1.54) is 5.56 Å². The van der Waals surface area contributed by atoms with E-state index < -0.39 is 0 Å². The first kappa shape index (κ1) is 14.5. The van der Waals surface area contributed by atoms with Crippen molar-refractivity contribution in [1.29, 1.82) is 0 Å². The van der Waals surface area contributed by atoms with Crippen molar-refractivity contribution in [3.8, 4) is 10.6 Å². The van der Waals surface area contributed by atoms with Gasteiger partial charge in [-0.1, -0.05) is 30.3 Å². The number of thiazole rings is 1. The summed E-state index contributed by atoms with van der Waals surface area (Å²) in [7, 11) is 0. The molecule has 2 N–H and O–H groups in total. The lowest BCUT2D eigenvalue weighted by molar-refractivity contribution is 0.323. The van der Waals surface area contributed by atoms with Gasteiger partial charge in [-0.25, -0.2) is 4.98 Å². The summed E-state index contributed by atoms with van der Waals surface area (Å²) in [5.41, 5.74) is 8.28. The van der Waals surface area contributed by atoms with Crippen LogP contribution in [-0.2, 0) is 6.54 Å². The van der Waals surface area contributed by atoms with Gasteiger partial charge in [-0.2, -0.15) is 0 Å². The first-order valence-electron chi connectivity index (χ1n) is 6.29. The van der Waals surface area contributed by atoms with Gasteiger partial charge in [0.15, 0.2) is 0 Å². The number of aromatic nitrogens is 1. The van der Waals surface area contributed by atoms with E-state index in [4.69, 9.17) is 10.7 Å². The van der Waals surface area contributed by atoms with E-state index in [1.54, 1.807) is 11.3 Å². The average molecular weight is 296 g/mol. The first-order valence-corrected chi connectivity index (χ1v) is 7.17. The first-order chi connectivity index (χ1) is 8.81. The smallest absolute Gasteiger partial charge is 0.123 e. The highest BCUT2D eigenvalue weighted by Crippen LogP contribution is 2.24. The van der Waals surface area contributed by atoms with Crippen LogP contribution in [0, 0.1) is 0 Å². The molecule has 0 saturated carbocycles. The molecule has 1 aromatic heterocycles. The van der Waals surface area contributed by atoms with Crippen molar-refractivity contribution >= 4 is 23.7 Å². The van der Waals surface area contributed by atoms with Crippen LogP contribution in [0.25, 0.3) is 10.6 Å². The molecule has 1 aliphatic rings. The van der Waals surface area contributed by atoms with E-state index in [0.29, 0.717) is 6.04 Å².